The van der Waals surface area contributed by atoms with Crippen molar-refractivity contribution in [1.29, 1.82) is 0 Å². The Bertz CT molecular complexity index is 174. The minimum absolute atomic E-state index is 0.195. The zero-order valence-corrected chi connectivity index (χ0v) is 10.4. The van der Waals surface area contributed by atoms with E-state index in [4.69, 9.17) is 9.47 Å². The van der Waals surface area contributed by atoms with Gasteiger partial charge in [0.25, 0.3) is 0 Å². The van der Waals surface area contributed by atoms with Gasteiger partial charge in [-0.15, -0.1) is 0 Å². The van der Waals surface area contributed by atoms with Crippen LogP contribution in [0.1, 0.15) is 54.4 Å². The molecule has 0 bridgehead atoms. The standard InChI is InChI=1S/C12H24O2/c1-7-9-10(8-2)14-12(5,6)11(3,4)13-9/h9-10H,7-8H2,1-6H3/t9-,10-/m0/s1. The summed E-state index contributed by atoms with van der Waals surface area (Å²) in [5.41, 5.74) is -0.390. The molecule has 0 aromatic carbocycles. The molecule has 2 nitrogen and oxygen atoms in total. The molecule has 0 aromatic rings. The van der Waals surface area contributed by atoms with E-state index in [1.165, 1.54) is 0 Å². The summed E-state index contributed by atoms with van der Waals surface area (Å²) < 4.78 is 12.2. The summed E-state index contributed by atoms with van der Waals surface area (Å²) in [6.45, 7) is 12.8. The molecule has 14 heavy (non-hydrogen) atoms. The lowest BCUT2D eigenvalue weighted by Crippen LogP contribution is -2.60. The number of hydrogen-bond acceptors (Lipinski definition) is 2. The van der Waals surface area contributed by atoms with E-state index in [0.29, 0.717) is 0 Å². The molecule has 84 valence electrons. The number of ether oxygens (including phenoxy) is 2. The third-order valence-corrected chi connectivity index (χ3v) is 3.56. The van der Waals surface area contributed by atoms with Crippen LogP contribution >= 0.6 is 0 Å². The summed E-state index contributed by atoms with van der Waals surface area (Å²) in [6.07, 6.45) is 2.56. The maximum atomic E-state index is 6.12. The Hall–Kier alpha value is -0.0800. The average molecular weight is 200 g/mol. The van der Waals surface area contributed by atoms with Crippen molar-refractivity contribution in [2.45, 2.75) is 77.8 Å². The Balaban J connectivity index is 2.81. The van der Waals surface area contributed by atoms with Gasteiger partial charge in [0.05, 0.1) is 23.4 Å². The minimum atomic E-state index is -0.195. The molecule has 0 spiro atoms. The maximum absolute atomic E-state index is 6.12. The third-order valence-electron chi connectivity index (χ3n) is 3.56. The van der Waals surface area contributed by atoms with Gasteiger partial charge in [0.1, 0.15) is 0 Å². The average Bonchev–Trinajstić information content (AvgIpc) is 2.09. The van der Waals surface area contributed by atoms with E-state index in [9.17, 15) is 0 Å². The summed E-state index contributed by atoms with van der Waals surface area (Å²) in [7, 11) is 0. The molecule has 2 atom stereocenters. The topological polar surface area (TPSA) is 18.5 Å². The normalized spacial score (nSPS) is 35.6. The second-order valence-corrected chi connectivity index (χ2v) is 5.15. The zero-order valence-electron chi connectivity index (χ0n) is 10.4. The molecular formula is C12H24O2. The Labute approximate surface area is 88.0 Å². The molecule has 0 aliphatic carbocycles. The highest BCUT2D eigenvalue weighted by atomic mass is 16.6. The van der Waals surface area contributed by atoms with Crippen molar-refractivity contribution in [1.82, 2.24) is 0 Å². The van der Waals surface area contributed by atoms with Gasteiger partial charge in [-0.25, -0.2) is 0 Å². The van der Waals surface area contributed by atoms with Crippen LogP contribution in [0.2, 0.25) is 0 Å². The highest BCUT2D eigenvalue weighted by Crippen LogP contribution is 2.38. The van der Waals surface area contributed by atoms with E-state index in [2.05, 4.69) is 41.5 Å². The smallest absolute Gasteiger partial charge is 0.0914 e. The SMILES string of the molecule is CC[C@@H]1OC(C)(C)C(C)(C)O[C@H]1CC. The maximum Gasteiger partial charge on any atom is 0.0914 e. The first-order valence-corrected chi connectivity index (χ1v) is 5.69. The van der Waals surface area contributed by atoms with Gasteiger partial charge in [-0.2, -0.15) is 0 Å². The van der Waals surface area contributed by atoms with Gasteiger partial charge in [-0.05, 0) is 40.5 Å². The largest absolute Gasteiger partial charge is 0.367 e. The third kappa shape index (κ3) is 1.96. The molecule has 0 unspecified atom stereocenters. The molecule has 0 amide bonds. The molecule has 2 heteroatoms. The van der Waals surface area contributed by atoms with Crippen LogP contribution in [0.25, 0.3) is 0 Å². The van der Waals surface area contributed by atoms with Gasteiger partial charge < -0.3 is 9.47 Å². The van der Waals surface area contributed by atoms with Crippen molar-refractivity contribution in [3.05, 3.63) is 0 Å². The molecule has 1 heterocycles. The van der Waals surface area contributed by atoms with Crippen LogP contribution in [-0.2, 0) is 9.47 Å². The van der Waals surface area contributed by atoms with E-state index >= 15 is 0 Å². The van der Waals surface area contributed by atoms with E-state index in [1.807, 2.05) is 0 Å². The van der Waals surface area contributed by atoms with Crippen LogP contribution in [0.15, 0.2) is 0 Å². The summed E-state index contributed by atoms with van der Waals surface area (Å²) in [4.78, 5) is 0. The lowest BCUT2D eigenvalue weighted by atomic mass is 9.86. The molecule has 1 aliphatic rings. The first-order chi connectivity index (χ1) is 6.34. The second-order valence-electron chi connectivity index (χ2n) is 5.15. The number of hydrogen-bond donors (Lipinski definition) is 0. The van der Waals surface area contributed by atoms with Crippen molar-refractivity contribution >= 4 is 0 Å². The Morgan fingerprint density at radius 3 is 1.29 bits per heavy atom. The van der Waals surface area contributed by atoms with Crippen LogP contribution in [0.3, 0.4) is 0 Å². The van der Waals surface area contributed by atoms with E-state index < -0.39 is 0 Å². The number of rotatable bonds is 2. The fraction of sp³-hybridized carbons (Fsp3) is 1.00. The summed E-state index contributed by atoms with van der Waals surface area (Å²) in [5.74, 6) is 0. The van der Waals surface area contributed by atoms with Crippen LogP contribution in [-0.4, -0.2) is 23.4 Å². The van der Waals surface area contributed by atoms with Crippen molar-refractivity contribution in [3.63, 3.8) is 0 Å². The highest BCUT2D eigenvalue weighted by Gasteiger charge is 2.48. The molecule has 1 saturated heterocycles. The van der Waals surface area contributed by atoms with Crippen molar-refractivity contribution in [2.75, 3.05) is 0 Å². The lowest BCUT2D eigenvalue weighted by molar-refractivity contribution is -0.294. The fourth-order valence-electron chi connectivity index (χ4n) is 1.88. The van der Waals surface area contributed by atoms with Gasteiger partial charge >= 0.3 is 0 Å². The van der Waals surface area contributed by atoms with Gasteiger partial charge in [0, 0.05) is 0 Å². The Morgan fingerprint density at radius 2 is 1.07 bits per heavy atom. The molecular weight excluding hydrogens is 176 g/mol. The van der Waals surface area contributed by atoms with Crippen molar-refractivity contribution < 1.29 is 9.47 Å². The summed E-state index contributed by atoms with van der Waals surface area (Å²) >= 11 is 0. The van der Waals surface area contributed by atoms with Gasteiger partial charge in [-0.1, -0.05) is 13.8 Å². The summed E-state index contributed by atoms with van der Waals surface area (Å²) in [5, 5.41) is 0. The van der Waals surface area contributed by atoms with Crippen LogP contribution in [0.4, 0.5) is 0 Å². The first kappa shape index (κ1) is 12.0. The van der Waals surface area contributed by atoms with Crippen LogP contribution in [0.5, 0.6) is 0 Å². The Kier molecular flexibility index (Phi) is 3.27. The first-order valence-electron chi connectivity index (χ1n) is 5.69. The molecule has 0 radical (unpaired) electrons. The minimum Gasteiger partial charge on any atom is -0.367 e. The molecule has 0 aromatic heterocycles. The monoisotopic (exact) mass is 200 g/mol. The van der Waals surface area contributed by atoms with Gasteiger partial charge in [0.15, 0.2) is 0 Å². The van der Waals surface area contributed by atoms with Crippen molar-refractivity contribution in [2.24, 2.45) is 0 Å². The van der Waals surface area contributed by atoms with Crippen LogP contribution < -0.4 is 0 Å². The zero-order chi connectivity index (χ0) is 11.0. The van der Waals surface area contributed by atoms with Crippen LogP contribution in [0, 0.1) is 0 Å². The Morgan fingerprint density at radius 1 is 0.786 bits per heavy atom. The van der Waals surface area contributed by atoms with E-state index in [1.54, 1.807) is 0 Å². The predicted molar refractivity (Wildman–Crippen MR) is 58.5 cm³/mol. The predicted octanol–water partition coefficient (Wildman–Crippen LogP) is 3.15. The summed E-state index contributed by atoms with van der Waals surface area (Å²) in [6, 6.07) is 0. The highest BCUT2D eigenvalue weighted by molar-refractivity contribution is 4.96. The van der Waals surface area contributed by atoms with Gasteiger partial charge in [-0.3, -0.25) is 0 Å². The fourth-order valence-corrected chi connectivity index (χ4v) is 1.88. The van der Waals surface area contributed by atoms with Crippen molar-refractivity contribution in [3.8, 4) is 0 Å². The molecule has 0 saturated carbocycles. The molecule has 1 rings (SSSR count). The van der Waals surface area contributed by atoms with E-state index in [-0.39, 0.29) is 23.4 Å². The second kappa shape index (κ2) is 3.82. The molecule has 1 aliphatic heterocycles. The molecule has 0 N–H and O–H groups in total. The van der Waals surface area contributed by atoms with Gasteiger partial charge in [0.2, 0.25) is 0 Å². The quantitative estimate of drug-likeness (QED) is 0.681. The molecule has 1 fully saturated rings. The van der Waals surface area contributed by atoms with E-state index in [0.717, 1.165) is 12.8 Å². The lowest BCUT2D eigenvalue weighted by Gasteiger charge is -2.51.